The van der Waals surface area contributed by atoms with E-state index in [0.29, 0.717) is 10.8 Å². The van der Waals surface area contributed by atoms with E-state index in [-0.39, 0.29) is 11.9 Å². The molecule has 6 heteroatoms. The summed E-state index contributed by atoms with van der Waals surface area (Å²) in [5.41, 5.74) is 2.97. The zero-order valence-electron chi connectivity index (χ0n) is 14.7. The number of rotatable bonds is 4. The molecule has 4 nitrogen and oxygen atoms in total. The molecule has 0 spiro atoms. The normalized spacial score (nSPS) is 13.6. The highest BCUT2D eigenvalue weighted by Gasteiger charge is 2.16. The largest absolute Gasteiger partial charge is 0.349 e. The van der Waals surface area contributed by atoms with E-state index in [1.165, 1.54) is 11.8 Å². The molecule has 0 saturated heterocycles. The number of nitrogens with one attached hydrogen (secondary N) is 2. The molecule has 27 heavy (non-hydrogen) atoms. The number of halogens is 1. The maximum absolute atomic E-state index is 12.3. The Morgan fingerprint density at radius 3 is 2.67 bits per heavy atom. The maximum atomic E-state index is 12.3. The van der Waals surface area contributed by atoms with Crippen molar-refractivity contribution in [3.8, 4) is 0 Å². The van der Waals surface area contributed by atoms with Crippen LogP contribution in [0.4, 0.5) is 11.4 Å². The summed E-state index contributed by atoms with van der Waals surface area (Å²) in [6, 6.07) is 19.6. The van der Waals surface area contributed by atoms with Crippen molar-refractivity contribution >= 4 is 56.6 Å². The summed E-state index contributed by atoms with van der Waals surface area (Å²) in [5, 5.41) is 10.0. The summed E-state index contributed by atoms with van der Waals surface area (Å²) < 4.78 is 0. The van der Waals surface area contributed by atoms with Crippen LogP contribution >= 0.6 is 23.4 Å². The van der Waals surface area contributed by atoms with Gasteiger partial charge in [0.05, 0.1) is 23.2 Å². The zero-order chi connectivity index (χ0) is 18.8. The summed E-state index contributed by atoms with van der Waals surface area (Å²) in [4.78, 5) is 17.0. The van der Waals surface area contributed by atoms with Crippen molar-refractivity contribution in [3.63, 3.8) is 0 Å². The van der Waals surface area contributed by atoms with Crippen molar-refractivity contribution in [2.75, 3.05) is 11.1 Å². The van der Waals surface area contributed by atoms with E-state index in [4.69, 9.17) is 11.6 Å². The molecule has 3 aromatic rings. The van der Waals surface area contributed by atoms with Crippen molar-refractivity contribution in [1.29, 1.82) is 0 Å². The molecule has 1 aliphatic rings. The number of carbonyl (C=O) groups excluding carboxylic acids is 1. The topological polar surface area (TPSA) is 53.5 Å². The van der Waals surface area contributed by atoms with E-state index in [1.807, 2.05) is 55.5 Å². The van der Waals surface area contributed by atoms with Crippen LogP contribution < -0.4 is 10.6 Å². The third-order valence-corrected chi connectivity index (χ3v) is 5.56. The van der Waals surface area contributed by atoms with Gasteiger partial charge < -0.3 is 10.6 Å². The lowest BCUT2D eigenvalue weighted by Gasteiger charge is -2.19. The van der Waals surface area contributed by atoms with Crippen LogP contribution in [0.25, 0.3) is 10.8 Å². The number of anilines is 1. The van der Waals surface area contributed by atoms with Crippen LogP contribution in [0.1, 0.15) is 18.5 Å². The second kappa shape index (κ2) is 7.62. The average Bonchev–Trinajstić information content (AvgIpc) is 2.67. The number of hydrogen-bond acceptors (Lipinski definition) is 4. The number of amides is 1. The lowest BCUT2D eigenvalue weighted by atomic mass is 10.1. The fraction of sp³-hybridized carbons (Fsp3) is 0.143. The van der Waals surface area contributed by atoms with Gasteiger partial charge in [0.1, 0.15) is 0 Å². The van der Waals surface area contributed by atoms with Crippen LogP contribution in [0.5, 0.6) is 0 Å². The van der Waals surface area contributed by atoms with Crippen LogP contribution in [0.2, 0.25) is 5.02 Å². The molecular weight excluding hydrogens is 378 g/mol. The minimum absolute atomic E-state index is 0.0379. The molecule has 3 aromatic carbocycles. The predicted octanol–water partition coefficient (Wildman–Crippen LogP) is 5.52. The standard InChI is InChI=1S/C21H18ClN3OS/c1-13(14-8-10-16(22)11-9-14)23-19(26)12-27-21-24-17-6-2-4-15-5-3-7-18(25-21)20(15)17/h2-11,13H,12H2,1H3,(H,23,26)(H,24,25)/t13-/m1/s1. The smallest absolute Gasteiger partial charge is 0.230 e. The SMILES string of the molecule is C[C@@H](NC(=O)CSC1=Nc2cccc3cccc(c23)N1)c1ccc(Cl)cc1. The van der Waals surface area contributed by atoms with Crippen molar-refractivity contribution in [1.82, 2.24) is 5.32 Å². The molecule has 0 unspecified atom stereocenters. The summed E-state index contributed by atoms with van der Waals surface area (Å²) >= 11 is 7.31. The third-order valence-electron chi connectivity index (χ3n) is 4.43. The van der Waals surface area contributed by atoms with Crippen LogP contribution in [-0.4, -0.2) is 16.8 Å². The van der Waals surface area contributed by atoms with E-state index in [0.717, 1.165) is 32.9 Å². The Morgan fingerprint density at radius 2 is 1.89 bits per heavy atom. The Balaban J connectivity index is 1.40. The first-order valence-corrected chi connectivity index (χ1v) is 10.0. The van der Waals surface area contributed by atoms with Crippen molar-refractivity contribution in [2.45, 2.75) is 13.0 Å². The third kappa shape index (κ3) is 3.94. The average molecular weight is 396 g/mol. The maximum Gasteiger partial charge on any atom is 0.230 e. The van der Waals surface area contributed by atoms with E-state index >= 15 is 0 Å². The molecule has 0 bridgehead atoms. The highest BCUT2D eigenvalue weighted by Crippen LogP contribution is 2.36. The first-order valence-electron chi connectivity index (χ1n) is 8.65. The molecule has 1 aliphatic heterocycles. The first-order chi connectivity index (χ1) is 13.1. The summed E-state index contributed by atoms with van der Waals surface area (Å²) in [6.07, 6.45) is 0. The van der Waals surface area contributed by atoms with Gasteiger partial charge in [-0.2, -0.15) is 0 Å². The molecule has 1 heterocycles. The Hall–Kier alpha value is -2.50. The van der Waals surface area contributed by atoms with E-state index in [9.17, 15) is 4.79 Å². The van der Waals surface area contributed by atoms with Crippen molar-refractivity contribution in [3.05, 3.63) is 71.2 Å². The monoisotopic (exact) mass is 395 g/mol. The lowest BCUT2D eigenvalue weighted by molar-refractivity contribution is -0.119. The van der Waals surface area contributed by atoms with Gasteiger partial charge >= 0.3 is 0 Å². The van der Waals surface area contributed by atoms with E-state index in [2.05, 4.69) is 27.8 Å². The number of carbonyl (C=O) groups is 1. The van der Waals surface area contributed by atoms with Gasteiger partial charge in [0, 0.05) is 10.4 Å². The molecule has 2 N–H and O–H groups in total. The van der Waals surface area contributed by atoms with Crippen molar-refractivity contribution < 1.29 is 4.79 Å². The van der Waals surface area contributed by atoms with Crippen LogP contribution in [0, 0.1) is 0 Å². The van der Waals surface area contributed by atoms with Crippen LogP contribution in [0.3, 0.4) is 0 Å². The molecule has 1 amide bonds. The molecule has 0 fully saturated rings. The van der Waals surface area contributed by atoms with Gasteiger partial charge in [0.2, 0.25) is 5.91 Å². The predicted molar refractivity (Wildman–Crippen MR) is 115 cm³/mol. The Labute approximate surface area is 167 Å². The minimum Gasteiger partial charge on any atom is -0.349 e. The summed E-state index contributed by atoms with van der Waals surface area (Å²) in [7, 11) is 0. The quantitative estimate of drug-likeness (QED) is 0.611. The summed E-state index contributed by atoms with van der Waals surface area (Å²) in [6.45, 7) is 1.96. The number of nitrogens with zero attached hydrogens (tertiary/aromatic N) is 1. The Kier molecular flexibility index (Phi) is 5.05. The number of benzene rings is 3. The molecule has 4 rings (SSSR count). The van der Waals surface area contributed by atoms with Gasteiger partial charge in [-0.15, -0.1) is 0 Å². The van der Waals surface area contributed by atoms with E-state index < -0.39 is 0 Å². The fourth-order valence-electron chi connectivity index (χ4n) is 3.09. The molecule has 0 radical (unpaired) electrons. The Bertz CT molecular complexity index is 1030. The van der Waals surface area contributed by atoms with Crippen LogP contribution in [0.15, 0.2) is 65.7 Å². The van der Waals surface area contributed by atoms with Crippen LogP contribution in [-0.2, 0) is 4.79 Å². The van der Waals surface area contributed by atoms with Crippen molar-refractivity contribution in [2.24, 2.45) is 4.99 Å². The molecule has 0 aliphatic carbocycles. The highest BCUT2D eigenvalue weighted by molar-refractivity contribution is 8.14. The molecular formula is C21H18ClN3OS. The molecule has 0 saturated carbocycles. The number of thioether (sulfide) groups is 1. The number of amidine groups is 1. The molecule has 136 valence electrons. The zero-order valence-corrected chi connectivity index (χ0v) is 16.3. The Morgan fingerprint density at radius 1 is 1.15 bits per heavy atom. The molecule has 1 atom stereocenters. The fourth-order valence-corrected chi connectivity index (χ4v) is 3.91. The summed E-state index contributed by atoms with van der Waals surface area (Å²) in [5.74, 6) is 0.256. The van der Waals surface area contributed by atoms with Gasteiger partial charge in [0.25, 0.3) is 0 Å². The van der Waals surface area contributed by atoms with Gasteiger partial charge in [-0.25, -0.2) is 4.99 Å². The first kappa shape index (κ1) is 17.9. The minimum atomic E-state index is -0.0777. The van der Waals surface area contributed by atoms with Gasteiger partial charge in [-0.1, -0.05) is 59.8 Å². The number of hydrogen-bond donors (Lipinski definition) is 2. The molecule has 0 aromatic heterocycles. The van der Waals surface area contributed by atoms with Gasteiger partial charge in [-0.05, 0) is 42.1 Å². The van der Waals surface area contributed by atoms with Gasteiger partial charge in [0.15, 0.2) is 5.17 Å². The lowest BCUT2D eigenvalue weighted by Crippen LogP contribution is -2.29. The second-order valence-corrected chi connectivity index (χ2v) is 7.75. The van der Waals surface area contributed by atoms with Gasteiger partial charge in [-0.3, -0.25) is 4.79 Å². The van der Waals surface area contributed by atoms with E-state index in [1.54, 1.807) is 0 Å². The number of aliphatic imine (C=N–C) groups is 1. The highest BCUT2D eigenvalue weighted by atomic mass is 35.5. The second-order valence-electron chi connectivity index (χ2n) is 6.35.